The summed E-state index contributed by atoms with van der Waals surface area (Å²) < 4.78 is 44.6. The van der Waals surface area contributed by atoms with Crippen LogP contribution in [-0.2, 0) is 16.1 Å². The van der Waals surface area contributed by atoms with Crippen LogP contribution < -0.4 is 9.64 Å². The van der Waals surface area contributed by atoms with Gasteiger partial charge in [-0.05, 0) is 24.3 Å². The van der Waals surface area contributed by atoms with Gasteiger partial charge in [-0.1, -0.05) is 18.2 Å². The third kappa shape index (κ3) is 5.34. The second kappa shape index (κ2) is 9.25. The van der Waals surface area contributed by atoms with Gasteiger partial charge in [0.05, 0.1) is 24.5 Å². The highest BCUT2D eigenvalue weighted by Gasteiger charge is 2.41. The molecule has 1 fully saturated rings. The number of halogens is 3. The van der Waals surface area contributed by atoms with Crippen LogP contribution in [0.3, 0.4) is 0 Å². The average molecular weight is 451 g/mol. The molecule has 2 aromatic carbocycles. The maximum absolute atomic E-state index is 13.2. The van der Waals surface area contributed by atoms with Crippen LogP contribution in [0.15, 0.2) is 48.5 Å². The van der Waals surface area contributed by atoms with Gasteiger partial charge in [-0.3, -0.25) is 19.7 Å². The van der Waals surface area contributed by atoms with Gasteiger partial charge in [-0.2, -0.15) is 13.2 Å². The van der Waals surface area contributed by atoms with Gasteiger partial charge >= 0.3 is 6.18 Å². The van der Waals surface area contributed by atoms with Crippen molar-refractivity contribution in [2.75, 3.05) is 25.1 Å². The molecule has 0 saturated carbocycles. The van der Waals surface area contributed by atoms with E-state index < -0.39 is 41.9 Å². The highest BCUT2D eigenvalue weighted by molar-refractivity contribution is 6.00. The first-order chi connectivity index (χ1) is 15.1. The predicted molar refractivity (Wildman–Crippen MR) is 108 cm³/mol. The molecule has 0 radical (unpaired) electrons. The topological polar surface area (TPSA) is 93.0 Å². The van der Waals surface area contributed by atoms with Crippen molar-refractivity contribution >= 4 is 23.2 Å². The number of nitro benzene ring substituents is 1. The molecule has 0 aliphatic carbocycles. The number of nitro groups is 1. The Balaban J connectivity index is 1.82. The van der Waals surface area contributed by atoms with Crippen LogP contribution in [0, 0.1) is 16.0 Å². The first-order valence-corrected chi connectivity index (χ1v) is 9.61. The fraction of sp³-hybridized carbons (Fsp3) is 0.333. The summed E-state index contributed by atoms with van der Waals surface area (Å²) in [5.74, 6) is -1.72. The van der Waals surface area contributed by atoms with E-state index >= 15 is 0 Å². The molecule has 0 spiro atoms. The third-order valence-corrected chi connectivity index (χ3v) is 5.09. The summed E-state index contributed by atoms with van der Waals surface area (Å²) >= 11 is 0. The quantitative estimate of drug-likeness (QED) is 0.474. The first kappa shape index (κ1) is 23.0. The van der Waals surface area contributed by atoms with Crippen LogP contribution in [0.25, 0.3) is 0 Å². The lowest BCUT2D eigenvalue weighted by Gasteiger charge is -2.26. The molecule has 32 heavy (non-hydrogen) atoms. The van der Waals surface area contributed by atoms with Crippen molar-refractivity contribution in [1.29, 1.82) is 0 Å². The van der Waals surface area contributed by atoms with E-state index in [9.17, 15) is 32.9 Å². The van der Waals surface area contributed by atoms with E-state index in [1.807, 2.05) is 0 Å². The maximum Gasteiger partial charge on any atom is 0.406 e. The summed E-state index contributed by atoms with van der Waals surface area (Å²) in [5.41, 5.74) is 0.0911. The van der Waals surface area contributed by atoms with E-state index in [2.05, 4.69) is 0 Å². The lowest BCUT2D eigenvalue weighted by molar-refractivity contribution is -0.385. The van der Waals surface area contributed by atoms with Gasteiger partial charge < -0.3 is 14.5 Å². The number of anilines is 1. The summed E-state index contributed by atoms with van der Waals surface area (Å²) in [7, 11) is 1.48. The SMILES string of the molecule is COc1ccc(N2CC(C(=O)N(Cc3ccccc3[N+](=O)[O-])CC(F)(F)F)CC2=O)cc1. The predicted octanol–water partition coefficient (Wildman–Crippen LogP) is 3.55. The number of carbonyl (C=O) groups excluding carboxylic acids is 2. The molecule has 1 unspecified atom stereocenters. The molecule has 1 aliphatic rings. The van der Waals surface area contributed by atoms with Gasteiger partial charge in [-0.15, -0.1) is 0 Å². The van der Waals surface area contributed by atoms with Crippen LogP contribution >= 0.6 is 0 Å². The third-order valence-electron chi connectivity index (χ3n) is 5.09. The minimum atomic E-state index is -4.71. The molecule has 8 nitrogen and oxygen atoms in total. The smallest absolute Gasteiger partial charge is 0.406 e. The number of benzene rings is 2. The first-order valence-electron chi connectivity index (χ1n) is 9.61. The summed E-state index contributed by atoms with van der Waals surface area (Å²) in [4.78, 5) is 37.8. The summed E-state index contributed by atoms with van der Waals surface area (Å²) in [6.45, 7) is -2.26. The van der Waals surface area contributed by atoms with E-state index in [4.69, 9.17) is 4.74 Å². The Kier molecular flexibility index (Phi) is 6.66. The Morgan fingerprint density at radius 1 is 1.22 bits per heavy atom. The molecule has 1 atom stereocenters. The van der Waals surface area contributed by atoms with Gasteiger partial charge in [0, 0.05) is 30.3 Å². The fourth-order valence-corrected chi connectivity index (χ4v) is 3.60. The monoisotopic (exact) mass is 451 g/mol. The molecule has 3 rings (SSSR count). The Bertz CT molecular complexity index is 1010. The molecule has 0 N–H and O–H groups in total. The Morgan fingerprint density at radius 2 is 1.88 bits per heavy atom. The second-order valence-corrected chi connectivity index (χ2v) is 7.30. The van der Waals surface area contributed by atoms with E-state index in [0.717, 1.165) is 6.07 Å². The van der Waals surface area contributed by atoms with Crippen molar-refractivity contribution in [3.05, 3.63) is 64.2 Å². The number of carbonyl (C=O) groups is 2. The molecular weight excluding hydrogens is 431 g/mol. The molecule has 11 heteroatoms. The second-order valence-electron chi connectivity index (χ2n) is 7.30. The van der Waals surface area contributed by atoms with Gasteiger partial charge in [0.1, 0.15) is 12.3 Å². The Hall–Kier alpha value is -3.63. The lowest BCUT2D eigenvalue weighted by Crippen LogP contribution is -2.42. The Morgan fingerprint density at radius 3 is 2.47 bits per heavy atom. The standard InChI is InChI=1S/C21H20F3N3O5/c1-32-17-8-6-16(7-9-17)26-12-15(10-19(26)28)20(29)25(13-21(22,23)24)11-14-4-2-3-5-18(14)27(30)31/h2-9,15H,10-13H2,1H3. The molecular formula is C21H20F3N3O5. The van der Waals surface area contributed by atoms with Crippen molar-refractivity contribution in [2.24, 2.45) is 5.92 Å². The van der Waals surface area contributed by atoms with Crippen LogP contribution in [0.5, 0.6) is 5.75 Å². The van der Waals surface area contributed by atoms with Crippen LogP contribution in [0.4, 0.5) is 24.5 Å². The number of ether oxygens (including phenoxy) is 1. The molecule has 2 aromatic rings. The van der Waals surface area contributed by atoms with Crippen molar-refractivity contribution < 1.29 is 32.4 Å². The lowest BCUT2D eigenvalue weighted by atomic mass is 10.1. The Labute approximate surface area is 181 Å². The molecule has 2 amide bonds. The van der Waals surface area contributed by atoms with Crippen LogP contribution in [-0.4, -0.2) is 48.0 Å². The number of methoxy groups -OCH3 is 1. The zero-order chi connectivity index (χ0) is 23.5. The van der Waals surface area contributed by atoms with Gasteiger partial charge in [0.2, 0.25) is 11.8 Å². The van der Waals surface area contributed by atoms with Crippen molar-refractivity contribution in [1.82, 2.24) is 4.90 Å². The minimum absolute atomic E-state index is 0.0218. The number of para-hydroxylation sites is 1. The molecule has 170 valence electrons. The summed E-state index contributed by atoms with van der Waals surface area (Å²) in [6.07, 6.45) is -4.96. The van der Waals surface area contributed by atoms with Gasteiger partial charge in [0.15, 0.2) is 0 Å². The highest BCUT2D eigenvalue weighted by Crippen LogP contribution is 2.30. The number of rotatable bonds is 7. The summed E-state index contributed by atoms with van der Waals surface area (Å²) in [6, 6.07) is 11.8. The molecule has 1 aliphatic heterocycles. The number of hydrogen-bond acceptors (Lipinski definition) is 5. The molecule has 0 aromatic heterocycles. The van der Waals surface area contributed by atoms with Crippen LogP contribution in [0.1, 0.15) is 12.0 Å². The van der Waals surface area contributed by atoms with Crippen molar-refractivity contribution in [3.63, 3.8) is 0 Å². The van der Waals surface area contributed by atoms with Crippen molar-refractivity contribution in [3.8, 4) is 5.75 Å². The zero-order valence-electron chi connectivity index (χ0n) is 17.0. The van der Waals surface area contributed by atoms with E-state index in [1.165, 1.54) is 30.2 Å². The molecule has 1 heterocycles. The number of alkyl halides is 3. The average Bonchev–Trinajstić information content (AvgIpc) is 3.13. The van der Waals surface area contributed by atoms with E-state index in [1.54, 1.807) is 24.3 Å². The molecule has 1 saturated heterocycles. The highest BCUT2D eigenvalue weighted by atomic mass is 19.4. The maximum atomic E-state index is 13.2. The van der Waals surface area contributed by atoms with Crippen molar-refractivity contribution in [2.45, 2.75) is 19.1 Å². The van der Waals surface area contributed by atoms with Gasteiger partial charge in [0.25, 0.3) is 5.69 Å². The zero-order valence-corrected chi connectivity index (χ0v) is 17.0. The normalized spacial score (nSPS) is 16.2. The minimum Gasteiger partial charge on any atom is -0.497 e. The van der Waals surface area contributed by atoms with Gasteiger partial charge in [-0.25, -0.2) is 0 Å². The van der Waals surface area contributed by atoms with Crippen LogP contribution in [0.2, 0.25) is 0 Å². The van der Waals surface area contributed by atoms with E-state index in [0.29, 0.717) is 16.3 Å². The number of amides is 2. The largest absolute Gasteiger partial charge is 0.497 e. The van der Waals surface area contributed by atoms with E-state index in [-0.39, 0.29) is 24.2 Å². The number of hydrogen-bond donors (Lipinski definition) is 0. The fourth-order valence-electron chi connectivity index (χ4n) is 3.60. The molecule has 0 bridgehead atoms. The summed E-state index contributed by atoms with van der Waals surface area (Å²) in [5, 5.41) is 11.2. The number of nitrogens with zero attached hydrogens (tertiary/aromatic N) is 3.